The first kappa shape index (κ1) is 20.9. The Hall–Kier alpha value is -1.37. The summed E-state index contributed by atoms with van der Waals surface area (Å²) in [5, 5.41) is 0. The summed E-state index contributed by atoms with van der Waals surface area (Å²) in [5.41, 5.74) is 3.36. The SMILES string of the molecule is CC(C)[C@@H](C)C=C[C@@H](C)[C@H]1CC[C@H]2[C@@H]3C=CC4=CC(=O)CC[C@]4(C)C3=CC[C@]12C. The third kappa shape index (κ3) is 3.33. The first-order valence-electron chi connectivity index (χ1n) is 12.0. The van der Waals surface area contributed by atoms with Gasteiger partial charge < -0.3 is 0 Å². The molecule has 0 saturated heterocycles. The Kier molecular flexibility index (Phi) is 5.33. The summed E-state index contributed by atoms with van der Waals surface area (Å²) in [6.45, 7) is 14.4. The van der Waals surface area contributed by atoms with Crippen molar-refractivity contribution in [2.75, 3.05) is 0 Å². The van der Waals surface area contributed by atoms with E-state index >= 15 is 0 Å². The Morgan fingerprint density at radius 2 is 1.86 bits per heavy atom. The molecule has 0 amide bonds. The number of carbonyl (C=O) groups is 1. The van der Waals surface area contributed by atoms with Gasteiger partial charge in [-0.15, -0.1) is 0 Å². The number of fused-ring (bicyclic) bond motifs is 5. The van der Waals surface area contributed by atoms with E-state index in [1.165, 1.54) is 24.8 Å². The first-order valence-corrected chi connectivity index (χ1v) is 12.0. The molecule has 0 heterocycles. The molecule has 7 atom stereocenters. The number of hydrogen-bond donors (Lipinski definition) is 0. The van der Waals surface area contributed by atoms with E-state index < -0.39 is 0 Å². The maximum absolute atomic E-state index is 12.0. The summed E-state index contributed by atoms with van der Waals surface area (Å²) in [5.74, 6) is 4.40. The van der Waals surface area contributed by atoms with Crippen LogP contribution >= 0.6 is 0 Å². The number of rotatable bonds is 4. The summed E-state index contributed by atoms with van der Waals surface area (Å²) in [7, 11) is 0. The molecule has 29 heavy (non-hydrogen) atoms. The van der Waals surface area contributed by atoms with Crippen LogP contribution in [0.5, 0.6) is 0 Å². The van der Waals surface area contributed by atoms with E-state index in [2.05, 4.69) is 71.9 Å². The van der Waals surface area contributed by atoms with E-state index in [0.29, 0.717) is 41.3 Å². The maximum Gasteiger partial charge on any atom is 0.156 e. The van der Waals surface area contributed by atoms with Crippen molar-refractivity contribution in [1.29, 1.82) is 0 Å². The van der Waals surface area contributed by atoms with Crippen LogP contribution in [0.4, 0.5) is 0 Å². The van der Waals surface area contributed by atoms with Gasteiger partial charge in [-0.2, -0.15) is 0 Å². The Labute approximate surface area is 178 Å². The van der Waals surface area contributed by atoms with E-state index in [4.69, 9.17) is 0 Å². The van der Waals surface area contributed by atoms with Gasteiger partial charge in [0.05, 0.1) is 0 Å². The third-order valence-corrected chi connectivity index (χ3v) is 9.39. The molecule has 0 bridgehead atoms. The molecule has 0 aromatic carbocycles. The zero-order valence-corrected chi connectivity index (χ0v) is 19.4. The summed E-state index contributed by atoms with van der Waals surface area (Å²) in [4.78, 5) is 12.0. The molecule has 0 aliphatic heterocycles. The molecule has 0 aromatic rings. The van der Waals surface area contributed by atoms with Crippen LogP contribution in [0.15, 0.2) is 47.6 Å². The second-order valence-electron chi connectivity index (χ2n) is 11.3. The molecule has 4 aliphatic carbocycles. The van der Waals surface area contributed by atoms with Gasteiger partial charge in [-0.1, -0.05) is 77.5 Å². The zero-order valence-electron chi connectivity index (χ0n) is 19.4. The molecular formula is C28H40O. The molecule has 1 saturated carbocycles. The van der Waals surface area contributed by atoms with Crippen molar-refractivity contribution in [3.8, 4) is 0 Å². The van der Waals surface area contributed by atoms with Gasteiger partial charge >= 0.3 is 0 Å². The van der Waals surface area contributed by atoms with Crippen molar-refractivity contribution < 1.29 is 4.79 Å². The minimum absolute atomic E-state index is 0.0883. The van der Waals surface area contributed by atoms with Crippen LogP contribution in [0.3, 0.4) is 0 Å². The van der Waals surface area contributed by atoms with E-state index in [0.717, 1.165) is 18.3 Å². The van der Waals surface area contributed by atoms with Crippen LogP contribution in [-0.4, -0.2) is 5.78 Å². The van der Waals surface area contributed by atoms with Crippen molar-refractivity contribution >= 4 is 5.78 Å². The van der Waals surface area contributed by atoms with Gasteiger partial charge in [-0.25, -0.2) is 0 Å². The highest BCUT2D eigenvalue weighted by molar-refractivity contribution is 5.92. The monoisotopic (exact) mass is 392 g/mol. The second kappa shape index (κ2) is 7.40. The molecule has 0 N–H and O–H groups in total. The van der Waals surface area contributed by atoms with Crippen molar-refractivity contribution in [2.24, 2.45) is 46.3 Å². The van der Waals surface area contributed by atoms with Gasteiger partial charge in [-0.3, -0.25) is 4.79 Å². The fraction of sp³-hybridized carbons (Fsp3) is 0.679. The normalized spacial score (nSPS) is 40.9. The fourth-order valence-corrected chi connectivity index (χ4v) is 6.94. The molecule has 0 spiro atoms. The van der Waals surface area contributed by atoms with Gasteiger partial charge in [0.15, 0.2) is 5.78 Å². The lowest BCUT2D eigenvalue weighted by Gasteiger charge is -2.51. The molecule has 0 radical (unpaired) electrons. The van der Waals surface area contributed by atoms with Crippen LogP contribution in [0.1, 0.15) is 73.6 Å². The number of hydrogen-bond acceptors (Lipinski definition) is 1. The average Bonchev–Trinajstić information content (AvgIpc) is 3.03. The van der Waals surface area contributed by atoms with Crippen LogP contribution < -0.4 is 0 Å². The van der Waals surface area contributed by atoms with E-state index in [9.17, 15) is 4.79 Å². The highest BCUT2D eigenvalue weighted by Gasteiger charge is 2.55. The largest absolute Gasteiger partial charge is 0.295 e. The fourth-order valence-electron chi connectivity index (χ4n) is 6.94. The van der Waals surface area contributed by atoms with Crippen molar-refractivity contribution in [3.05, 3.63) is 47.6 Å². The summed E-state index contributed by atoms with van der Waals surface area (Å²) in [6.07, 6.45) is 19.9. The average molecular weight is 393 g/mol. The standard InChI is InChI=1S/C28H40O/c1-18(2)19(3)7-8-20(4)24-11-12-25-23-10-9-21-17-22(29)13-15-27(21,5)26(23)14-16-28(24,25)6/h7-10,14,17-20,23-25H,11-13,15-16H2,1-6H3/t19-,20+,23-,24+,25-,27-,28+/m0/s1. The molecule has 1 heteroatoms. The Morgan fingerprint density at radius 3 is 2.59 bits per heavy atom. The molecule has 158 valence electrons. The molecular weight excluding hydrogens is 352 g/mol. The van der Waals surface area contributed by atoms with Crippen LogP contribution in [0.2, 0.25) is 0 Å². The van der Waals surface area contributed by atoms with Crippen LogP contribution in [0.25, 0.3) is 0 Å². The van der Waals surface area contributed by atoms with Gasteiger partial charge in [0.2, 0.25) is 0 Å². The molecule has 4 rings (SSSR count). The summed E-state index contributed by atoms with van der Waals surface area (Å²) in [6, 6.07) is 0. The molecule has 1 nitrogen and oxygen atoms in total. The lowest BCUT2D eigenvalue weighted by atomic mass is 9.52. The minimum Gasteiger partial charge on any atom is -0.295 e. The highest BCUT2D eigenvalue weighted by atomic mass is 16.1. The number of allylic oxidation sites excluding steroid dienone is 8. The van der Waals surface area contributed by atoms with Crippen molar-refractivity contribution in [3.63, 3.8) is 0 Å². The van der Waals surface area contributed by atoms with Crippen molar-refractivity contribution in [2.45, 2.75) is 73.6 Å². The summed E-state index contributed by atoms with van der Waals surface area (Å²) < 4.78 is 0. The summed E-state index contributed by atoms with van der Waals surface area (Å²) >= 11 is 0. The number of carbonyl (C=O) groups excluding carboxylic acids is 1. The van der Waals surface area contributed by atoms with Crippen LogP contribution in [0, 0.1) is 46.3 Å². The molecule has 0 aromatic heterocycles. The Balaban J connectivity index is 1.60. The van der Waals surface area contributed by atoms with Gasteiger partial charge in [0.25, 0.3) is 0 Å². The molecule has 4 aliphatic rings. The van der Waals surface area contributed by atoms with E-state index in [1.54, 1.807) is 5.57 Å². The molecule has 0 unspecified atom stereocenters. The zero-order chi connectivity index (χ0) is 21.0. The van der Waals surface area contributed by atoms with Crippen LogP contribution in [-0.2, 0) is 4.79 Å². The van der Waals surface area contributed by atoms with E-state index in [1.807, 2.05) is 6.08 Å². The maximum atomic E-state index is 12.0. The number of ketones is 1. The smallest absolute Gasteiger partial charge is 0.156 e. The predicted octanol–water partition coefficient (Wildman–Crippen LogP) is 7.32. The van der Waals surface area contributed by atoms with Gasteiger partial charge in [0.1, 0.15) is 0 Å². The van der Waals surface area contributed by atoms with Gasteiger partial charge in [-0.05, 0) is 72.3 Å². The molecule has 1 fully saturated rings. The lowest BCUT2D eigenvalue weighted by molar-refractivity contribution is -0.115. The topological polar surface area (TPSA) is 17.1 Å². The Morgan fingerprint density at radius 1 is 1.10 bits per heavy atom. The highest BCUT2D eigenvalue weighted by Crippen LogP contribution is 2.64. The predicted molar refractivity (Wildman–Crippen MR) is 122 cm³/mol. The first-order chi connectivity index (χ1) is 13.7. The second-order valence-corrected chi connectivity index (χ2v) is 11.3. The minimum atomic E-state index is 0.0883. The van der Waals surface area contributed by atoms with E-state index in [-0.39, 0.29) is 5.41 Å². The lowest BCUT2D eigenvalue weighted by Crippen LogP contribution is -2.43. The quantitative estimate of drug-likeness (QED) is 0.458. The van der Waals surface area contributed by atoms with Crippen molar-refractivity contribution in [1.82, 2.24) is 0 Å². The van der Waals surface area contributed by atoms with Gasteiger partial charge in [0, 0.05) is 17.8 Å². The Bertz CT molecular complexity index is 793. The third-order valence-electron chi connectivity index (χ3n) is 9.39.